The molecule has 1 rings (SSSR count). The van der Waals surface area contributed by atoms with Crippen LogP contribution in [0.5, 0.6) is 0 Å². The van der Waals surface area contributed by atoms with Crippen LogP contribution in [-0.2, 0) is 4.74 Å². The van der Waals surface area contributed by atoms with Crippen molar-refractivity contribution in [3.63, 3.8) is 0 Å². The molecule has 0 amide bonds. The molecule has 4 nitrogen and oxygen atoms in total. The quantitative estimate of drug-likeness (QED) is 0.606. The number of aliphatic hydroxyl groups is 1. The molecule has 0 aliphatic rings. The fraction of sp³-hybridized carbons (Fsp3) is 0.600. The molecule has 84 valence electrons. The van der Waals surface area contributed by atoms with Crippen molar-refractivity contribution < 1.29 is 9.84 Å². The highest BCUT2D eigenvalue weighted by molar-refractivity contribution is 7.99. The van der Waals surface area contributed by atoms with Gasteiger partial charge < -0.3 is 9.84 Å². The zero-order valence-electron chi connectivity index (χ0n) is 9.23. The molecule has 0 unspecified atom stereocenters. The van der Waals surface area contributed by atoms with Crippen LogP contribution in [0.15, 0.2) is 11.2 Å². The Bertz CT molecular complexity index is 300. The van der Waals surface area contributed by atoms with Crippen LogP contribution < -0.4 is 0 Å². The molecule has 0 fully saturated rings. The standard InChI is InChI=1S/C10H16N2O2S/c1-7-4-8(2)12-10(11-7)15-6-9(13)5-14-3/h4,9,13H,5-6H2,1-3H3/t9-/m0/s1. The summed E-state index contributed by atoms with van der Waals surface area (Å²) < 4.78 is 4.84. The Kier molecular flexibility index (Phi) is 5.01. The minimum Gasteiger partial charge on any atom is -0.390 e. The maximum Gasteiger partial charge on any atom is 0.188 e. The molecule has 15 heavy (non-hydrogen) atoms. The van der Waals surface area contributed by atoms with Crippen molar-refractivity contribution in [2.45, 2.75) is 25.1 Å². The molecule has 0 radical (unpaired) electrons. The largest absolute Gasteiger partial charge is 0.390 e. The van der Waals surface area contributed by atoms with Gasteiger partial charge in [-0.15, -0.1) is 0 Å². The first-order chi connectivity index (χ1) is 7.11. The van der Waals surface area contributed by atoms with Crippen LogP contribution >= 0.6 is 11.8 Å². The summed E-state index contributed by atoms with van der Waals surface area (Å²) >= 11 is 1.44. The normalized spacial score (nSPS) is 12.8. The van der Waals surface area contributed by atoms with E-state index in [0.29, 0.717) is 17.5 Å². The van der Waals surface area contributed by atoms with Crippen LogP contribution in [0.4, 0.5) is 0 Å². The van der Waals surface area contributed by atoms with E-state index < -0.39 is 6.10 Å². The van der Waals surface area contributed by atoms with Crippen LogP contribution in [0.1, 0.15) is 11.4 Å². The lowest BCUT2D eigenvalue weighted by Gasteiger charge is -2.08. The number of aromatic nitrogens is 2. The SMILES string of the molecule is COC[C@H](O)CSc1nc(C)cc(C)n1. The summed E-state index contributed by atoms with van der Waals surface area (Å²) in [7, 11) is 1.57. The molecule has 0 saturated carbocycles. The minimum atomic E-state index is -0.468. The molecule has 1 aromatic heterocycles. The van der Waals surface area contributed by atoms with Gasteiger partial charge in [-0.25, -0.2) is 9.97 Å². The molecule has 5 heteroatoms. The number of ether oxygens (including phenoxy) is 1. The van der Waals surface area contributed by atoms with Crippen LogP contribution in [0.2, 0.25) is 0 Å². The second-order valence-electron chi connectivity index (χ2n) is 3.35. The van der Waals surface area contributed by atoms with E-state index in [1.54, 1.807) is 7.11 Å². The Hall–Kier alpha value is -0.650. The number of rotatable bonds is 5. The lowest BCUT2D eigenvalue weighted by molar-refractivity contribution is 0.0793. The molecule has 0 spiro atoms. The smallest absolute Gasteiger partial charge is 0.188 e. The second-order valence-corrected chi connectivity index (χ2v) is 4.34. The van der Waals surface area contributed by atoms with Crippen molar-refractivity contribution >= 4 is 11.8 Å². The summed E-state index contributed by atoms with van der Waals surface area (Å²) in [4.78, 5) is 8.53. The highest BCUT2D eigenvalue weighted by atomic mass is 32.2. The monoisotopic (exact) mass is 228 g/mol. The first-order valence-corrected chi connectivity index (χ1v) is 5.72. The highest BCUT2D eigenvalue weighted by Crippen LogP contribution is 2.15. The van der Waals surface area contributed by atoms with Crippen LogP contribution in [0, 0.1) is 13.8 Å². The zero-order valence-corrected chi connectivity index (χ0v) is 10.0. The predicted molar refractivity (Wildman–Crippen MR) is 60.1 cm³/mol. The van der Waals surface area contributed by atoms with Gasteiger partial charge in [0.2, 0.25) is 0 Å². The summed E-state index contributed by atoms with van der Waals surface area (Å²) in [5.74, 6) is 0.552. The highest BCUT2D eigenvalue weighted by Gasteiger charge is 2.06. The Morgan fingerprint density at radius 1 is 1.40 bits per heavy atom. The lowest BCUT2D eigenvalue weighted by atomic mass is 10.4. The lowest BCUT2D eigenvalue weighted by Crippen LogP contribution is -2.16. The summed E-state index contributed by atoms with van der Waals surface area (Å²) in [5, 5.41) is 10.2. The molecule has 1 atom stereocenters. The predicted octanol–water partition coefficient (Wildman–Crippen LogP) is 1.19. The molecule has 0 bridgehead atoms. The number of aryl methyl sites for hydroxylation is 2. The van der Waals surface area contributed by atoms with Crippen molar-refractivity contribution in [1.82, 2.24) is 9.97 Å². The maximum atomic E-state index is 9.45. The summed E-state index contributed by atoms with van der Waals surface area (Å²) in [6.45, 7) is 4.21. The third kappa shape index (κ3) is 4.59. The van der Waals surface area contributed by atoms with E-state index in [1.807, 2.05) is 19.9 Å². The van der Waals surface area contributed by atoms with Crippen LogP contribution in [0.3, 0.4) is 0 Å². The number of aliphatic hydroxyl groups excluding tert-OH is 1. The Balaban J connectivity index is 2.50. The van der Waals surface area contributed by atoms with Gasteiger partial charge in [-0.1, -0.05) is 11.8 Å². The number of methoxy groups -OCH3 is 1. The van der Waals surface area contributed by atoms with Crippen molar-refractivity contribution in [2.75, 3.05) is 19.5 Å². The van der Waals surface area contributed by atoms with E-state index in [2.05, 4.69) is 9.97 Å². The average molecular weight is 228 g/mol. The van der Waals surface area contributed by atoms with Gasteiger partial charge in [0, 0.05) is 24.3 Å². The number of nitrogens with zero attached hydrogens (tertiary/aromatic N) is 2. The third-order valence-electron chi connectivity index (χ3n) is 1.73. The Labute approximate surface area is 94.1 Å². The summed E-state index contributed by atoms with van der Waals surface area (Å²) in [6, 6.07) is 1.93. The minimum absolute atomic E-state index is 0.345. The Morgan fingerprint density at radius 3 is 2.53 bits per heavy atom. The van der Waals surface area contributed by atoms with E-state index in [-0.39, 0.29) is 0 Å². The molecule has 0 aromatic carbocycles. The van der Waals surface area contributed by atoms with Gasteiger partial charge in [-0.05, 0) is 19.9 Å². The van der Waals surface area contributed by atoms with Crippen molar-refractivity contribution in [3.05, 3.63) is 17.5 Å². The number of hydrogen-bond acceptors (Lipinski definition) is 5. The van der Waals surface area contributed by atoms with Gasteiger partial charge in [0.15, 0.2) is 5.16 Å². The topological polar surface area (TPSA) is 55.2 Å². The van der Waals surface area contributed by atoms with Crippen molar-refractivity contribution in [3.8, 4) is 0 Å². The molecule has 0 aliphatic carbocycles. The summed E-state index contributed by atoms with van der Waals surface area (Å²) in [5.41, 5.74) is 1.90. The molecule has 1 N–H and O–H groups in total. The fourth-order valence-electron chi connectivity index (χ4n) is 1.17. The van der Waals surface area contributed by atoms with E-state index >= 15 is 0 Å². The van der Waals surface area contributed by atoms with Gasteiger partial charge in [0.05, 0.1) is 12.7 Å². The number of hydrogen-bond donors (Lipinski definition) is 1. The van der Waals surface area contributed by atoms with Gasteiger partial charge in [0.25, 0.3) is 0 Å². The van der Waals surface area contributed by atoms with Crippen LogP contribution in [0.25, 0.3) is 0 Å². The van der Waals surface area contributed by atoms with Gasteiger partial charge in [0.1, 0.15) is 0 Å². The van der Waals surface area contributed by atoms with Gasteiger partial charge >= 0.3 is 0 Å². The molecule has 1 heterocycles. The molecular weight excluding hydrogens is 212 g/mol. The van der Waals surface area contributed by atoms with E-state index in [9.17, 15) is 5.11 Å². The Morgan fingerprint density at radius 2 is 2.00 bits per heavy atom. The van der Waals surface area contributed by atoms with Crippen LogP contribution in [-0.4, -0.2) is 40.6 Å². The average Bonchev–Trinajstić information content (AvgIpc) is 2.14. The second kappa shape index (κ2) is 6.05. The van der Waals surface area contributed by atoms with E-state index in [4.69, 9.17) is 4.74 Å². The van der Waals surface area contributed by atoms with Gasteiger partial charge in [-0.3, -0.25) is 0 Å². The molecular formula is C10H16N2O2S. The first-order valence-electron chi connectivity index (χ1n) is 4.74. The van der Waals surface area contributed by atoms with Gasteiger partial charge in [-0.2, -0.15) is 0 Å². The van der Waals surface area contributed by atoms with E-state index in [0.717, 1.165) is 11.4 Å². The number of thioether (sulfide) groups is 1. The first kappa shape index (κ1) is 12.4. The fourth-order valence-corrected chi connectivity index (χ4v) is 2.02. The van der Waals surface area contributed by atoms with Crippen molar-refractivity contribution in [2.24, 2.45) is 0 Å². The molecule has 0 saturated heterocycles. The molecule has 0 aliphatic heterocycles. The molecule has 1 aromatic rings. The third-order valence-corrected chi connectivity index (χ3v) is 2.72. The maximum absolute atomic E-state index is 9.45. The zero-order chi connectivity index (χ0) is 11.3. The van der Waals surface area contributed by atoms with Crippen molar-refractivity contribution in [1.29, 1.82) is 0 Å². The van der Waals surface area contributed by atoms with E-state index in [1.165, 1.54) is 11.8 Å². The summed E-state index contributed by atoms with van der Waals surface area (Å²) in [6.07, 6.45) is -0.468.